The van der Waals surface area contributed by atoms with Crippen molar-refractivity contribution in [2.45, 2.75) is 13.2 Å². The first-order valence-corrected chi connectivity index (χ1v) is 4.43. The van der Waals surface area contributed by atoms with E-state index in [1.807, 2.05) is 24.3 Å². The standard InChI is InChI=1S/C11H10FN2.Pt/c1-9(12)14-8-7-11(13-14)10-5-3-2-4-6-10;/h2-5,7-9H,1H3;/q-1;. The third kappa shape index (κ3) is 2.75. The molecule has 1 heterocycles. The number of alkyl halides is 1. The predicted octanol–water partition coefficient (Wildman–Crippen LogP) is 2.84. The Morgan fingerprint density at radius 3 is 2.73 bits per heavy atom. The second-order valence-corrected chi connectivity index (χ2v) is 3.03. The molecule has 0 bridgehead atoms. The first-order chi connectivity index (χ1) is 6.77. The maximum absolute atomic E-state index is 12.9. The van der Waals surface area contributed by atoms with Gasteiger partial charge in [-0.15, -0.1) is 35.9 Å². The van der Waals surface area contributed by atoms with Gasteiger partial charge in [-0.25, -0.2) is 14.2 Å². The summed E-state index contributed by atoms with van der Waals surface area (Å²) in [7, 11) is 0. The Balaban J connectivity index is 0.00000112. The minimum absolute atomic E-state index is 0. The number of halogens is 1. The first kappa shape index (κ1) is 12.1. The summed E-state index contributed by atoms with van der Waals surface area (Å²) in [5.74, 6) is 0. The van der Waals surface area contributed by atoms with Gasteiger partial charge in [0.25, 0.3) is 0 Å². The molecule has 1 aromatic carbocycles. The second-order valence-electron chi connectivity index (χ2n) is 3.03. The molecule has 15 heavy (non-hydrogen) atoms. The van der Waals surface area contributed by atoms with Crippen LogP contribution >= 0.6 is 0 Å². The molecule has 0 fully saturated rings. The number of benzene rings is 1. The average Bonchev–Trinajstić information content (AvgIpc) is 2.68. The van der Waals surface area contributed by atoms with Gasteiger partial charge in [-0.2, -0.15) is 0 Å². The van der Waals surface area contributed by atoms with Crippen molar-refractivity contribution in [2.75, 3.05) is 0 Å². The monoisotopic (exact) mass is 384 g/mol. The van der Waals surface area contributed by atoms with Crippen molar-refractivity contribution in [3.8, 4) is 11.3 Å². The third-order valence-corrected chi connectivity index (χ3v) is 1.96. The second kappa shape index (κ2) is 5.22. The molecule has 2 aromatic rings. The molecular formula is C11H10FN2Pt-. The van der Waals surface area contributed by atoms with Crippen LogP contribution in [0.4, 0.5) is 4.39 Å². The van der Waals surface area contributed by atoms with Gasteiger partial charge < -0.3 is 0 Å². The Kier molecular flexibility index (Phi) is 4.22. The van der Waals surface area contributed by atoms with Crippen LogP contribution in [0.3, 0.4) is 0 Å². The van der Waals surface area contributed by atoms with Crippen LogP contribution in [0.25, 0.3) is 11.3 Å². The summed E-state index contributed by atoms with van der Waals surface area (Å²) in [6, 6.07) is 12.3. The molecule has 4 heteroatoms. The molecule has 2 rings (SSSR count). The zero-order chi connectivity index (χ0) is 9.97. The van der Waals surface area contributed by atoms with Crippen molar-refractivity contribution in [2.24, 2.45) is 0 Å². The molecule has 1 atom stereocenters. The van der Waals surface area contributed by atoms with Crippen molar-refractivity contribution in [1.82, 2.24) is 9.78 Å². The van der Waals surface area contributed by atoms with E-state index in [-0.39, 0.29) is 21.1 Å². The van der Waals surface area contributed by atoms with Crippen LogP contribution < -0.4 is 0 Å². The molecule has 0 radical (unpaired) electrons. The van der Waals surface area contributed by atoms with Gasteiger partial charge >= 0.3 is 0 Å². The molecule has 0 aliphatic carbocycles. The summed E-state index contributed by atoms with van der Waals surface area (Å²) in [5.41, 5.74) is 1.63. The van der Waals surface area contributed by atoms with Crippen molar-refractivity contribution >= 4 is 0 Å². The minimum Gasteiger partial charge on any atom is -0.249 e. The number of aromatic nitrogens is 2. The van der Waals surface area contributed by atoms with Crippen molar-refractivity contribution in [1.29, 1.82) is 0 Å². The largest absolute Gasteiger partial charge is 0.249 e. The SMILES string of the molecule is CC(F)n1ccc(-c2[c-]cccc2)n1.[Pt]. The molecule has 0 spiro atoms. The van der Waals surface area contributed by atoms with Crippen LogP contribution in [-0.4, -0.2) is 9.78 Å². The van der Waals surface area contributed by atoms with E-state index in [4.69, 9.17) is 0 Å². The van der Waals surface area contributed by atoms with Crippen molar-refractivity contribution < 1.29 is 25.5 Å². The minimum atomic E-state index is -1.09. The van der Waals surface area contributed by atoms with E-state index in [1.165, 1.54) is 11.6 Å². The summed E-state index contributed by atoms with van der Waals surface area (Å²) in [6.07, 6.45) is 0.536. The van der Waals surface area contributed by atoms with Gasteiger partial charge in [-0.3, -0.25) is 0 Å². The van der Waals surface area contributed by atoms with E-state index in [9.17, 15) is 4.39 Å². The molecule has 0 aliphatic rings. The van der Waals surface area contributed by atoms with E-state index in [2.05, 4.69) is 11.2 Å². The van der Waals surface area contributed by atoms with Gasteiger partial charge in [0.1, 0.15) is 0 Å². The molecule has 82 valence electrons. The van der Waals surface area contributed by atoms with Crippen LogP contribution in [-0.2, 0) is 21.1 Å². The quantitative estimate of drug-likeness (QED) is 0.729. The first-order valence-electron chi connectivity index (χ1n) is 4.43. The Bertz CT molecular complexity index is 412. The molecule has 2 nitrogen and oxygen atoms in total. The van der Waals surface area contributed by atoms with Gasteiger partial charge in [0.2, 0.25) is 0 Å². The summed E-state index contributed by atoms with van der Waals surface area (Å²) in [5, 5.41) is 4.09. The number of nitrogens with zero attached hydrogens (tertiary/aromatic N) is 2. The average molecular weight is 384 g/mol. The van der Waals surface area contributed by atoms with Crippen LogP contribution in [0.2, 0.25) is 0 Å². The zero-order valence-corrected chi connectivity index (χ0v) is 10.4. The van der Waals surface area contributed by atoms with Crippen LogP contribution in [0.5, 0.6) is 0 Å². The van der Waals surface area contributed by atoms with Crippen molar-refractivity contribution in [3.05, 3.63) is 42.6 Å². The zero-order valence-electron chi connectivity index (χ0n) is 8.13. The Morgan fingerprint density at radius 2 is 2.20 bits per heavy atom. The molecule has 1 unspecified atom stereocenters. The van der Waals surface area contributed by atoms with E-state index in [1.54, 1.807) is 12.3 Å². The summed E-state index contributed by atoms with van der Waals surface area (Å²) < 4.78 is 14.1. The maximum Gasteiger partial charge on any atom is 0.187 e. The summed E-state index contributed by atoms with van der Waals surface area (Å²) in [4.78, 5) is 0. The van der Waals surface area contributed by atoms with Crippen molar-refractivity contribution in [3.63, 3.8) is 0 Å². The topological polar surface area (TPSA) is 17.8 Å². The molecule has 0 N–H and O–H groups in total. The maximum atomic E-state index is 12.9. The van der Waals surface area contributed by atoms with E-state index >= 15 is 0 Å². The van der Waals surface area contributed by atoms with Gasteiger partial charge in [0.05, 0.1) is 0 Å². The van der Waals surface area contributed by atoms with Gasteiger partial charge in [-0.05, 0) is 6.92 Å². The summed E-state index contributed by atoms with van der Waals surface area (Å²) >= 11 is 0. The number of rotatable bonds is 2. The van der Waals surface area contributed by atoms with Gasteiger partial charge in [-0.1, -0.05) is 6.07 Å². The Hall–Kier alpha value is -0.952. The molecule has 0 saturated carbocycles. The van der Waals surface area contributed by atoms with Crippen LogP contribution in [0.15, 0.2) is 36.5 Å². The fraction of sp³-hybridized carbons (Fsp3) is 0.182. The normalized spacial score (nSPS) is 11.9. The molecule has 0 aliphatic heterocycles. The van der Waals surface area contributed by atoms with Crippen LogP contribution in [0, 0.1) is 6.07 Å². The van der Waals surface area contributed by atoms with E-state index in [0.717, 1.165) is 11.3 Å². The fourth-order valence-corrected chi connectivity index (χ4v) is 1.23. The Morgan fingerprint density at radius 1 is 1.40 bits per heavy atom. The Labute approximate surface area is 102 Å². The van der Waals surface area contributed by atoms with E-state index < -0.39 is 6.30 Å². The predicted molar refractivity (Wildman–Crippen MR) is 52.3 cm³/mol. The molecule has 0 amide bonds. The third-order valence-electron chi connectivity index (χ3n) is 1.96. The fourth-order valence-electron chi connectivity index (χ4n) is 1.23. The van der Waals surface area contributed by atoms with Gasteiger partial charge in [0.15, 0.2) is 6.30 Å². The smallest absolute Gasteiger partial charge is 0.187 e. The molecular weight excluding hydrogens is 374 g/mol. The number of hydrogen-bond acceptors (Lipinski definition) is 1. The number of hydrogen-bond donors (Lipinski definition) is 0. The van der Waals surface area contributed by atoms with E-state index in [0.29, 0.717) is 0 Å². The summed E-state index contributed by atoms with van der Waals surface area (Å²) in [6.45, 7) is 1.45. The molecule has 0 saturated heterocycles. The molecule has 1 aromatic heterocycles. The van der Waals surface area contributed by atoms with Gasteiger partial charge in [0, 0.05) is 33.0 Å². The van der Waals surface area contributed by atoms with Crippen LogP contribution in [0.1, 0.15) is 13.2 Å².